The highest BCUT2D eigenvalue weighted by Gasteiger charge is 2.19. The third-order valence-corrected chi connectivity index (χ3v) is 5.31. The van der Waals surface area contributed by atoms with Crippen LogP contribution in [-0.4, -0.2) is 19.2 Å². The molecule has 3 N–H and O–H groups in total. The molecule has 0 aliphatic rings. The van der Waals surface area contributed by atoms with Crippen molar-refractivity contribution in [2.24, 2.45) is 5.14 Å². The Morgan fingerprint density at radius 2 is 1.88 bits per heavy atom. The lowest BCUT2D eigenvalue weighted by atomic mass is 10.2. The van der Waals surface area contributed by atoms with Crippen molar-refractivity contribution in [3.8, 4) is 17.4 Å². The number of nitro benzene ring substituents is 1. The molecule has 0 aliphatic carbocycles. The van der Waals surface area contributed by atoms with Crippen LogP contribution in [0.25, 0.3) is 17.4 Å². The second-order valence-corrected chi connectivity index (χ2v) is 8.31. The van der Waals surface area contributed by atoms with Crippen molar-refractivity contribution in [3.63, 3.8) is 0 Å². The molecule has 1 aromatic heterocycles. The van der Waals surface area contributed by atoms with Crippen LogP contribution < -0.4 is 10.5 Å². The number of nitrogens with one attached hydrogen (secondary N) is 1. The van der Waals surface area contributed by atoms with Gasteiger partial charge < -0.3 is 9.73 Å². The molecule has 1 heterocycles. The van der Waals surface area contributed by atoms with Crippen LogP contribution >= 0.6 is 11.6 Å². The second-order valence-electron chi connectivity index (χ2n) is 6.31. The molecule has 0 bridgehead atoms. The van der Waals surface area contributed by atoms with Crippen molar-refractivity contribution in [1.82, 2.24) is 0 Å². The number of nitriles is 1. The van der Waals surface area contributed by atoms with Crippen LogP contribution in [0.1, 0.15) is 5.76 Å². The van der Waals surface area contributed by atoms with Crippen LogP contribution in [0.15, 0.2) is 69.5 Å². The zero-order chi connectivity index (χ0) is 23.5. The summed E-state index contributed by atoms with van der Waals surface area (Å²) < 4.78 is 28.3. The van der Waals surface area contributed by atoms with E-state index in [1.165, 1.54) is 48.5 Å². The Morgan fingerprint density at radius 3 is 2.47 bits per heavy atom. The number of amides is 1. The fraction of sp³-hybridized carbons (Fsp3) is 0. The van der Waals surface area contributed by atoms with Gasteiger partial charge in [0.15, 0.2) is 0 Å². The third-order valence-electron chi connectivity index (χ3n) is 4.15. The number of furan rings is 1. The molecule has 0 fully saturated rings. The van der Waals surface area contributed by atoms with Crippen LogP contribution in [0.3, 0.4) is 0 Å². The summed E-state index contributed by atoms with van der Waals surface area (Å²) in [6.45, 7) is 0. The van der Waals surface area contributed by atoms with E-state index in [0.717, 1.165) is 6.07 Å². The van der Waals surface area contributed by atoms with Gasteiger partial charge in [-0.15, -0.1) is 0 Å². The standard InChI is InChI=1S/C20H13ClN4O6S/c21-14-3-7-17(18(10-14)25(27)28)24-20(26)13(11-22)9-15-4-8-19(31-15)12-1-5-16(6-2-12)32(23,29)30/h1-10H,(H,24,26)(H2,23,29,30). The highest BCUT2D eigenvalue weighted by Crippen LogP contribution is 2.29. The fourth-order valence-electron chi connectivity index (χ4n) is 2.64. The molecule has 2 aromatic carbocycles. The quantitative estimate of drug-likeness (QED) is 0.238. The van der Waals surface area contributed by atoms with E-state index in [-0.39, 0.29) is 26.9 Å². The highest BCUT2D eigenvalue weighted by molar-refractivity contribution is 7.89. The lowest BCUT2D eigenvalue weighted by molar-refractivity contribution is -0.383. The minimum Gasteiger partial charge on any atom is -0.457 e. The monoisotopic (exact) mass is 472 g/mol. The van der Waals surface area contributed by atoms with Gasteiger partial charge in [-0.1, -0.05) is 11.6 Å². The van der Waals surface area contributed by atoms with Crippen molar-refractivity contribution in [2.45, 2.75) is 4.90 Å². The maximum absolute atomic E-state index is 12.4. The van der Waals surface area contributed by atoms with Gasteiger partial charge in [-0.05, 0) is 48.5 Å². The molecule has 162 valence electrons. The Bertz CT molecular complexity index is 1390. The summed E-state index contributed by atoms with van der Waals surface area (Å²) in [4.78, 5) is 22.8. The largest absolute Gasteiger partial charge is 0.457 e. The summed E-state index contributed by atoms with van der Waals surface area (Å²) in [6, 6.07) is 14.1. The normalized spacial score (nSPS) is 11.6. The number of sulfonamides is 1. The number of hydrogen-bond donors (Lipinski definition) is 2. The number of primary sulfonamides is 1. The van der Waals surface area contributed by atoms with E-state index in [2.05, 4.69) is 5.32 Å². The summed E-state index contributed by atoms with van der Waals surface area (Å²) in [5, 5.41) is 28.0. The minimum atomic E-state index is -3.83. The minimum absolute atomic E-state index is 0.0624. The number of carbonyl (C=O) groups excluding carboxylic acids is 1. The predicted octanol–water partition coefficient (Wildman–Crippen LogP) is 3.70. The van der Waals surface area contributed by atoms with E-state index in [1.54, 1.807) is 12.1 Å². The Labute approximate surface area is 186 Å². The van der Waals surface area contributed by atoms with Gasteiger partial charge in [-0.3, -0.25) is 14.9 Å². The average Bonchev–Trinajstić information content (AvgIpc) is 3.21. The topological polar surface area (TPSA) is 169 Å². The van der Waals surface area contributed by atoms with Crippen LogP contribution in [0.2, 0.25) is 5.02 Å². The lowest BCUT2D eigenvalue weighted by Gasteiger charge is -2.05. The van der Waals surface area contributed by atoms with Crippen molar-refractivity contribution < 1.29 is 22.6 Å². The first kappa shape index (κ1) is 22.7. The summed E-state index contributed by atoms with van der Waals surface area (Å²) in [6.07, 6.45) is 1.17. The molecule has 0 radical (unpaired) electrons. The summed E-state index contributed by atoms with van der Waals surface area (Å²) in [7, 11) is -3.83. The predicted molar refractivity (Wildman–Crippen MR) is 116 cm³/mol. The van der Waals surface area contributed by atoms with Gasteiger partial charge in [-0.25, -0.2) is 13.6 Å². The molecule has 3 rings (SSSR count). The van der Waals surface area contributed by atoms with E-state index in [1.807, 2.05) is 0 Å². The van der Waals surface area contributed by atoms with E-state index >= 15 is 0 Å². The fourth-order valence-corrected chi connectivity index (χ4v) is 3.32. The number of anilines is 1. The van der Waals surface area contributed by atoms with E-state index < -0.39 is 26.5 Å². The molecular formula is C20H13ClN4O6S. The van der Waals surface area contributed by atoms with Crippen LogP contribution in [0, 0.1) is 21.4 Å². The number of nitrogens with zero attached hydrogens (tertiary/aromatic N) is 2. The number of nitro groups is 1. The van der Waals surface area contributed by atoms with E-state index in [0.29, 0.717) is 11.3 Å². The molecule has 0 spiro atoms. The third kappa shape index (κ3) is 5.19. The zero-order valence-corrected chi connectivity index (χ0v) is 17.6. The van der Waals surface area contributed by atoms with Crippen molar-refractivity contribution in [2.75, 3.05) is 5.32 Å². The average molecular weight is 473 g/mol. The first-order valence-electron chi connectivity index (χ1n) is 8.68. The maximum Gasteiger partial charge on any atom is 0.294 e. The summed E-state index contributed by atoms with van der Waals surface area (Å²) >= 11 is 5.75. The van der Waals surface area contributed by atoms with Crippen LogP contribution in [-0.2, 0) is 14.8 Å². The number of hydrogen-bond acceptors (Lipinski definition) is 7. The Kier molecular flexibility index (Phi) is 6.40. The molecule has 0 saturated carbocycles. The summed E-state index contributed by atoms with van der Waals surface area (Å²) in [5.74, 6) is -0.371. The smallest absolute Gasteiger partial charge is 0.294 e. The van der Waals surface area contributed by atoms with Gasteiger partial charge in [0.05, 0.1) is 9.82 Å². The van der Waals surface area contributed by atoms with Gasteiger partial charge in [0, 0.05) is 22.7 Å². The molecule has 0 unspecified atom stereocenters. The molecular weight excluding hydrogens is 460 g/mol. The number of benzene rings is 2. The van der Waals surface area contributed by atoms with Crippen molar-refractivity contribution >= 4 is 45.0 Å². The van der Waals surface area contributed by atoms with Crippen LogP contribution in [0.4, 0.5) is 11.4 Å². The first-order valence-corrected chi connectivity index (χ1v) is 10.6. The molecule has 0 aliphatic heterocycles. The number of carbonyl (C=O) groups is 1. The van der Waals surface area contributed by atoms with Gasteiger partial charge in [-0.2, -0.15) is 5.26 Å². The van der Waals surface area contributed by atoms with E-state index in [9.17, 15) is 28.6 Å². The lowest BCUT2D eigenvalue weighted by Crippen LogP contribution is -2.14. The molecule has 0 saturated heterocycles. The SMILES string of the molecule is N#CC(=Cc1ccc(-c2ccc(S(N)(=O)=O)cc2)o1)C(=O)Nc1ccc(Cl)cc1[N+](=O)[O-]. The number of rotatable bonds is 6. The van der Waals surface area contributed by atoms with E-state index in [4.69, 9.17) is 21.2 Å². The second kappa shape index (κ2) is 9.03. The molecule has 12 heteroatoms. The Hall–Kier alpha value is -3.98. The van der Waals surface area contributed by atoms with Gasteiger partial charge in [0.1, 0.15) is 28.9 Å². The van der Waals surface area contributed by atoms with Gasteiger partial charge in [0.25, 0.3) is 11.6 Å². The molecule has 0 atom stereocenters. The number of nitrogens with two attached hydrogens (primary N) is 1. The summed E-state index contributed by atoms with van der Waals surface area (Å²) in [5.41, 5.74) is -0.372. The highest BCUT2D eigenvalue weighted by atomic mass is 35.5. The molecule has 10 nitrogen and oxygen atoms in total. The zero-order valence-electron chi connectivity index (χ0n) is 16.0. The van der Waals surface area contributed by atoms with Gasteiger partial charge in [0.2, 0.25) is 10.0 Å². The number of halogens is 1. The molecule has 3 aromatic rings. The molecule has 1 amide bonds. The van der Waals surface area contributed by atoms with Crippen LogP contribution in [0.5, 0.6) is 0 Å². The molecule has 32 heavy (non-hydrogen) atoms. The van der Waals surface area contributed by atoms with Crippen molar-refractivity contribution in [1.29, 1.82) is 5.26 Å². The van der Waals surface area contributed by atoms with Gasteiger partial charge >= 0.3 is 0 Å². The Morgan fingerprint density at radius 1 is 1.19 bits per heavy atom. The Balaban J connectivity index is 1.83. The first-order chi connectivity index (χ1) is 15.1. The maximum atomic E-state index is 12.4. The van der Waals surface area contributed by atoms with Crippen molar-refractivity contribution in [3.05, 3.63) is 81.1 Å².